The van der Waals surface area contributed by atoms with E-state index in [1.165, 1.54) is 18.4 Å². The average Bonchev–Trinajstić information content (AvgIpc) is 3.31. The zero-order valence-corrected chi connectivity index (χ0v) is 24.8. The summed E-state index contributed by atoms with van der Waals surface area (Å²) in [5.74, 6) is -0.350. The number of amides is 1. The van der Waals surface area contributed by atoms with Gasteiger partial charge in [-0.3, -0.25) is 9.78 Å². The van der Waals surface area contributed by atoms with Gasteiger partial charge in [-0.1, -0.05) is 37.6 Å². The molecule has 1 fully saturated rings. The third kappa shape index (κ3) is 7.07. The molecule has 1 aromatic carbocycles. The van der Waals surface area contributed by atoms with Gasteiger partial charge in [-0.2, -0.15) is 0 Å². The minimum absolute atomic E-state index is 0.193. The molecule has 0 aliphatic carbocycles. The van der Waals surface area contributed by atoms with Gasteiger partial charge in [0.2, 0.25) is 5.91 Å². The summed E-state index contributed by atoms with van der Waals surface area (Å²) in [5, 5.41) is 1.16. The highest BCUT2D eigenvalue weighted by molar-refractivity contribution is 5.96. The van der Waals surface area contributed by atoms with Gasteiger partial charge in [0.05, 0.1) is 18.6 Å². The molecule has 3 aromatic rings. The van der Waals surface area contributed by atoms with E-state index in [2.05, 4.69) is 46.2 Å². The van der Waals surface area contributed by atoms with E-state index >= 15 is 0 Å². The van der Waals surface area contributed by atoms with Crippen LogP contribution in [0.4, 0.5) is 5.69 Å². The van der Waals surface area contributed by atoms with Crippen LogP contribution in [-0.4, -0.2) is 59.6 Å². The Kier molecular flexibility index (Phi) is 10.8. The maximum atomic E-state index is 14.1. The molecule has 0 bridgehead atoms. The summed E-state index contributed by atoms with van der Waals surface area (Å²) in [5.41, 5.74) is 5.21. The Labute approximate surface area is 244 Å². The second-order valence-electron chi connectivity index (χ2n) is 10.7. The Hall–Kier alpha value is -3.87. The van der Waals surface area contributed by atoms with Gasteiger partial charge in [0.1, 0.15) is 0 Å². The number of anilines is 1. The second-order valence-corrected chi connectivity index (χ2v) is 10.7. The SMILES string of the molecule is C=CCCC(Cn1c(C/C=C\C)c(CCCC)c2ccc(C(=O)OC)cc21)C(=O)N1CCN(c2ccncc2)CC1. The van der Waals surface area contributed by atoms with Gasteiger partial charge < -0.3 is 19.1 Å². The predicted octanol–water partition coefficient (Wildman–Crippen LogP) is 6.22. The number of esters is 1. The summed E-state index contributed by atoms with van der Waals surface area (Å²) < 4.78 is 7.36. The molecule has 3 heterocycles. The number of hydrogen-bond donors (Lipinski definition) is 0. The lowest BCUT2D eigenvalue weighted by atomic mass is 10.00. The normalized spacial score (nSPS) is 14.5. The molecule has 1 amide bonds. The Morgan fingerprint density at radius 3 is 2.54 bits per heavy atom. The van der Waals surface area contributed by atoms with E-state index in [0.29, 0.717) is 25.2 Å². The molecule has 7 heteroatoms. The van der Waals surface area contributed by atoms with E-state index in [1.54, 1.807) is 0 Å². The zero-order chi connectivity index (χ0) is 29.2. The van der Waals surface area contributed by atoms with Crippen LogP contribution >= 0.6 is 0 Å². The number of methoxy groups -OCH3 is 1. The molecular formula is C34H44N4O3. The van der Waals surface area contributed by atoms with Gasteiger partial charge in [-0.25, -0.2) is 4.79 Å². The summed E-state index contributed by atoms with van der Waals surface area (Å²) in [6.07, 6.45) is 15.2. The number of ether oxygens (including phenoxy) is 1. The number of aromatic nitrogens is 2. The van der Waals surface area contributed by atoms with E-state index < -0.39 is 0 Å². The summed E-state index contributed by atoms with van der Waals surface area (Å²) in [6, 6.07) is 9.90. The van der Waals surface area contributed by atoms with Crippen molar-refractivity contribution in [3.05, 3.63) is 84.4 Å². The number of carbonyl (C=O) groups is 2. The molecule has 0 saturated carbocycles. The second kappa shape index (κ2) is 14.7. The summed E-state index contributed by atoms with van der Waals surface area (Å²) >= 11 is 0. The maximum absolute atomic E-state index is 14.1. The Balaban J connectivity index is 1.68. The number of allylic oxidation sites excluding steroid dienone is 3. The van der Waals surface area contributed by atoms with E-state index in [1.807, 2.05) is 54.6 Å². The molecular weight excluding hydrogens is 512 g/mol. The smallest absolute Gasteiger partial charge is 0.337 e. The standard InChI is InChI=1S/C34H44N4O3/c1-5-8-11-27(33(39)37-22-20-36(21-23-37)28-16-18-35-19-17-28)25-38-31(13-10-7-3)29(12-9-6-2)30-15-14-26(24-32(30)38)34(40)41-4/h5,7,10,14-19,24,27H,1,6,8-9,11-13,20-23,25H2,2-4H3/b10-7-. The highest BCUT2D eigenvalue weighted by Gasteiger charge is 2.29. The number of piperazine rings is 1. The van der Waals surface area contributed by atoms with Crippen LogP contribution in [0.15, 0.2) is 67.5 Å². The van der Waals surface area contributed by atoms with Crippen molar-refractivity contribution in [2.75, 3.05) is 38.2 Å². The molecule has 2 aromatic heterocycles. The minimum atomic E-state index is -0.351. The van der Waals surface area contributed by atoms with Gasteiger partial charge in [0.15, 0.2) is 0 Å². The molecule has 1 atom stereocenters. The van der Waals surface area contributed by atoms with Crippen LogP contribution < -0.4 is 4.90 Å². The number of hydrogen-bond acceptors (Lipinski definition) is 5. The summed E-state index contributed by atoms with van der Waals surface area (Å²) in [6.45, 7) is 11.7. The summed E-state index contributed by atoms with van der Waals surface area (Å²) in [4.78, 5) is 35.0. The number of benzene rings is 1. The first kappa shape index (κ1) is 30.1. The first-order valence-corrected chi connectivity index (χ1v) is 14.9. The largest absolute Gasteiger partial charge is 0.465 e. The van der Waals surface area contributed by atoms with Crippen molar-refractivity contribution < 1.29 is 14.3 Å². The highest BCUT2D eigenvalue weighted by atomic mass is 16.5. The number of carbonyl (C=O) groups excluding carboxylic acids is 2. The van der Waals surface area contributed by atoms with Crippen molar-refractivity contribution >= 4 is 28.5 Å². The molecule has 1 unspecified atom stereocenters. The monoisotopic (exact) mass is 556 g/mol. The van der Waals surface area contributed by atoms with Crippen molar-refractivity contribution in [1.29, 1.82) is 0 Å². The van der Waals surface area contributed by atoms with Gasteiger partial charge >= 0.3 is 5.97 Å². The lowest BCUT2D eigenvalue weighted by molar-refractivity contribution is -0.136. The van der Waals surface area contributed by atoms with Crippen LogP contribution in [-0.2, 0) is 28.9 Å². The molecule has 1 aliphatic rings. The van der Waals surface area contributed by atoms with E-state index in [4.69, 9.17) is 4.74 Å². The molecule has 0 N–H and O–H groups in total. The van der Waals surface area contributed by atoms with E-state index in [9.17, 15) is 9.59 Å². The van der Waals surface area contributed by atoms with Crippen LogP contribution in [0.1, 0.15) is 61.1 Å². The molecule has 41 heavy (non-hydrogen) atoms. The number of aryl methyl sites for hydroxylation is 1. The van der Waals surface area contributed by atoms with Crippen molar-refractivity contribution in [2.24, 2.45) is 5.92 Å². The fourth-order valence-electron chi connectivity index (χ4n) is 5.85. The van der Waals surface area contributed by atoms with Crippen LogP contribution in [0.25, 0.3) is 10.9 Å². The minimum Gasteiger partial charge on any atom is -0.465 e. The topological polar surface area (TPSA) is 67.7 Å². The first-order chi connectivity index (χ1) is 20.0. The fourth-order valence-corrected chi connectivity index (χ4v) is 5.85. The van der Waals surface area contributed by atoms with E-state index in [-0.39, 0.29) is 17.8 Å². The van der Waals surface area contributed by atoms with Crippen LogP contribution in [0, 0.1) is 5.92 Å². The maximum Gasteiger partial charge on any atom is 0.337 e. The predicted molar refractivity (Wildman–Crippen MR) is 166 cm³/mol. The number of rotatable bonds is 13. The Morgan fingerprint density at radius 2 is 1.88 bits per heavy atom. The van der Waals surface area contributed by atoms with Crippen LogP contribution in [0.3, 0.4) is 0 Å². The Bertz CT molecular complexity index is 1350. The van der Waals surface area contributed by atoms with Gasteiger partial charge in [0, 0.05) is 73.8 Å². The molecule has 218 valence electrons. The molecule has 1 saturated heterocycles. The highest BCUT2D eigenvalue weighted by Crippen LogP contribution is 2.32. The lowest BCUT2D eigenvalue weighted by Crippen LogP contribution is -2.51. The van der Waals surface area contributed by atoms with Crippen molar-refractivity contribution in [1.82, 2.24) is 14.5 Å². The number of unbranched alkanes of at least 4 members (excludes halogenated alkanes) is 1. The van der Waals surface area contributed by atoms with Crippen molar-refractivity contribution in [2.45, 2.75) is 58.9 Å². The number of pyridine rings is 1. The quantitative estimate of drug-likeness (QED) is 0.185. The average molecular weight is 557 g/mol. The van der Waals surface area contributed by atoms with Gasteiger partial charge in [-0.15, -0.1) is 6.58 Å². The third-order valence-corrected chi connectivity index (χ3v) is 8.13. The third-order valence-electron chi connectivity index (χ3n) is 8.13. The number of fused-ring (bicyclic) bond motifs is 1. The first-order valence-electron chi connectivity index (χ1n) is 14.9. The summed E-state index contributed by atoms with van der Waals surface area (Å²) in [7, 11) is 1.41. The Morgan fingerprint density at radius 1 is 1.12 bits per heavy atom. The van der Waals surface area contributed by atoms with Gasteiger partial charge in [0.25, 0.3) is 0 Å². The molecule has 1 aliphatic heterocycles. The fraction of sp³-hybridized carbons (Fsp3) is 0.441. The molecule has 4 rings (SSSR count). The zero-order valence-electron chi connectivity index (χ0n) is 24.8. The van der Waals surface area contributed by atoms with Crippen molar-refractivity contribution in [3.63, 3.8) is 0 Å². The van der Waals surface area contributed by atoms with Gasteiger partial charge in [-0.05, 0) is 62.4 Å². The van der Waals surface area contributed by atoms with Crippen LogP contribution in [0.2, 0.25) is 0 Å². The number of nitrogens with zero attached hydrogens (tertiary/aromatic N) is 4. The van der Waals surface area contributed by atoms with Crippen LogP contribution in [0.5, 0.6) is 0 Å². The molecule has 0 spiro atoms. The molecule has 0 radical (unpaired) electrons. The molecule has 7 nitrogen and oxygen atoms in total. The van der Waals surface area contributed by atoms with Crippen molar-refractivity contribution in [3.8, 4) is 0 Å². The van der Waals surface area contributed by atoms with E-state index in [0.717, 1.165) is 68.2 Å². The lowest BCUT2D eigenvalue weighted by Gasteiger charge is -2.37.